The van der Waals surface area contributed by atoms with E-state index in [9.17, 15) is 18.0 Å². The van der Waals surface area contributed by atoms with Crippen LogP contribution in [-0.2, 0) is 26.2 Å². The minimum absolute atomic E-state index is 0.0851. The molecule has 3 aromatic rings. The van der Waals surface area contributed by atoms with Gasteiger partial charge >= 0.3 is 0 Å². The highest BCUT2D eigenvalue weighted by Gasteiger charge is 2.35. The molecular formula is C27H29N3O4S. The molecule has 4 rings (SSSR count). The third kappa shape index (κ3) is 5.61. The Morgan fingerprint density at radius 2 is 1.63 bits per heavy atom. The maximum atomic E-state index is 12.9. The van der Waals surface area contributed by atoms with E-state index in [1.807, 2.05) is 62.4 Å². The van der Waals surface area contributed by atoms with E-state index in [4.69, 9.17) is 0 Å². The number of rotatable bonds is 7. The van der Waals surface area contributed by atoms with Crippen molar-refractivity contribution in [3.63, 3.8) is 0 Å². The predicted octanol–water partition coefficient (Wildman–Crippen LogP) is 4.12. The average Bonchev–Trinajstić information content (AvgIpc) is 3.21. The van der Waals surface area contributed by atoms with E-state index in [0.29, 0.717) is 12.2 Å². The number of nitrogens with one attached hydrogen (secondary N) is 1. The minimum Gasteiger partial charge on any atom is -0.326 e. The Bertz CT molecular complexity index is 1320. The molecule has 0 aromatic heterocycles. The van der Waals surface area contributed by atoms with E-state index in [1.165, 1.54) is 23.5 Å². The van der Waals surface area contributed by atoms with Crippen LogP contribution in [0.4, 0.5) is 11.4 Å². The van der Waals surface area contributed by atoms with Crippen molar-refractivity contribution in [2.45, 2.75) is 31.7 Å². The number of carbonyl (C=O) groups excluding carboxylic acids is 2. The highest BCUT2D eigenvalue weighted by atomic mass is 32.2. The molecule has 1 heterocycles. The molecule has 1 aliphatic heterocycles. The molecule has 0 bridgehead atoms. The molecular weight excluding hydrogens is 462 g/mol. The number of carbonyl (C=O) groups is 2. The van der Waals surface area contributed by atoms with Crippen molar-refractivity contribution in [2.75, 3.05) is 23.8 Å². The lowest BCUT2D eigenvalue weighted by Gasteiger charge is -2.18. The first-order chi connectivity index (χ1) is 16.6. The fraction of sp³-hybridized carbons (Fsp3) is 0.259. The van der Waals surface area contributed by atoms with Gasteiger partial charge in [0, 0.05) is 37.9 Å². The quantitative estimate of drug-likeness (QED) is 0.539. The monoisotopic (exact) mass is 491 g/mol. The number of hydrogen-bond donors (Lipinski definition) is 1. The molecule has 0 spiro atoms. The van der Waals surface area contributed by atoms with E-state index >= 15 is 0 Å². The van der Waals surface area contributed by atoms with Gasteiger partial charge in [-0.15, -0.1) is 0 Å². The summed E-state index contributed by atoms with van der Waals surface area (Å²) in [7, 11) is -2.14. The van der Waals surface area contributed by atoms with Crippen LogP contribution >= 0.6 is 0 Å². The summed E-state index contributed by atoms with van der Waals surface area (Å²) >= 11 is 0. The molecule has 1 fully saturated rings. The van der Waals surface area contributed by atoms with Gasteiger partial charge in [-0.1, -0.05) is 36.4 Å². The van der Waals surface area contributed by atoms with Crippen molar-refractivity contribution >= 4 is 33.2 Å². The summed E-state index contributed by atoms with van der Waals surface area (Å²) in [4.78, 5) is 27.2. The van der Waals surface area contributed by atoms with E-state index in [2.05, 4.69) is 5.32 Å². The topological polar surface area (TPSA) is 86.8 Å². The summed E-state index contributed by atoms with van der Waals surface area (Å²) < 4.78 is 27.2. The second kappa shape index (κ2) is 10.0. The highest BCUT2D eigenvalue weighted by Crippen LogP contribution is 2.28. The Morgan fingerprint density at radius 3 is 2.26 bits per heavy atom. The van der Waals surface area contributed by atoms with E-state index in [-0.39, 0.29) is 29.7 Å². The second-order valence-electron chi connectivity index (χ2n) is 9.01. The average molecular weight is 492 g/mol. The first kappa shape index (κ1) is 24.6. The Labute approximate surface area is 206 Å². The van der Waals surface area contributed by atoms with Crippen LogP contribution in [0.25, 0.3) is 0 Å². The molecule has 7 nitrogen and oxygen atoms in total. The van der Waals surface area contributed by atoms with Crippen LogP contribution in [0.1, 0.15) is 23.1 Å². The van der Waals surface area contributed by atoms with Gasteiger partial charge in [0.25, 0.3) is 0 Å². The number of aryl methyl sites for hydroxylation is 2. The van der Waals surface area contributed by atoms with Gasteiger partial charge in [0.2, 0.25) is 21.8 Å². The second-order valence-corrected chi connectivity index (χ2v) is 11.1. The van der Waals surface area contributed by atoms with Crippen molar-refractivity contribution < 1.29 is 18.0 Å². The molecule has 0 aliphatic carbocycles. The number of benzene rings is 3. The van der Waals surface area contributed by atoms with Crippen LogP contribution < -0.4 is 10.2 Å². The fourth-order valence-electron chi connectivity index (χ4n) is 4.30. The van der Waals surface area contributed by atoms with Crippen LogP contribution in [0.15, 0.2) is 77.7 Å². The van der Waals surface area contributed by atoms with Crippen LogP contribution in [0.3, 0.4) is 0 Å². The van der Waals surface area contributed by atoms with Gasteiger partial charge in [-0.3, -0.25) is 9.59 Å². The molecule has 35 heavy (non-hydrogen) atoms. The summed E-state index contributed by atoms with van der Waals surface area (Å²) in [6, 6.07) is 21.4. The number of anilines is 2. The third-order valence-corrected chi connectivity index (χ3v) is 7.91. The molecule has 1 unspecified atom stereocenters. The van der Waals surface area contributed by atoms with Crippen molar-refractivity contribution in [1.82, 2.24) is 4.31 Å². The minimum atomic E-state index is -3.68. The Morgan fingerprint density at radius 1 is 1.00 bits per heavy atom. The van der Waals surface area contributed by atoms with E-state index < -0.39 is 15.9 Å². The van der Waals surface area contributed by atoms with Crippen molar-refractivity contribution in [3.05, 3.63) is 89.5 Å². The van der Waals surface area contributed by atoms with Crippen molar-refractivity contribution in [3.8, 4) is 0 Å². The summed E-state index contributed by atoms with van der Waals surface area (Å²) in [5.74, 6) is -0.830. The zero-order valence-corrected chi connectivity index (χ0v) is 20.9. The zero-order chi connectivity index (χ0) is 25.2. The van der Waals surface area contributed by atoms with Gasteiger partial charge in [0.1, 0.15) is 0 Å². The summed E-state index contributed by atoms with van der Waals surface area (Å²) in [5, 5.41) is 2.82. The van der Waals surface area contributed by atoms with Crippen LogP contribution in [0.2, 0.25) is 0 Å². The summed E-state index contributed by atoms with van der Waals surface area (Å²) in [6.45, 7) is 4.52. The number of nitrogens with zero attached hydrogens (tertiary/aromatic N) is 2. The molecule has 1 N–H and O–H groups in total. The van der Waals surface area contributed by atoms with E-state index in [1.54, 1.807) is 17.0 Å². The number of hydrogen-bond acceptors (Lipinski definition) is 4. The molecule has 8 heteroatoms. The predicted molar refractivity (Wildman–Crippen MR) is 137 cm³/mol. The smallest absolute Gasteiger partial charge is 0.243 e. The van der Waals surface area contributed by atoms with Gasteiger partial charge in [-0.25, -0.2) is 8.42 Å². The van der Waals surface area contributed by atoms with Crippen LogP contribution in [0.5, 0.6) is 0 Å². The number of amides is 2. The molecule has 3 aromatic carbocycles. The normalized spacial score (nSPS) is 16.1. The maximum Gasteiger partial charge on any atom is 0.243 e. The number of sulfonamides is 1. The third-order valence-electron chi connectivity index (χ3n) is 6.09. The first-order valence-corrected chi connectivity index (χ1v) is 12.9. The van der Waals surface area contributed by atoms with Crippen LogP contribution in [0, 0.1) is 19.8 Å². The molecule has 1 aliphatic rings. The van der Waals surface area contributed by atoms with Gasteiger partial charge in [0.15, 0.2) is 0 Å². The van der Waals surface area contributed by atoms with Crippen LogP contribution in [-0.4, -0.2) is 38.1 Å². The maximum absolute atomic E-state index is 12.9. The SMILES string of the molecule is Cc1cc(C)cc(N2CC(C(=O)Nc3ccc(S(=O)(=O)N(C)Cc4ccccc4)cc3)CC2=O)c1. The zero-order valence-electron chi connectivity index (χ0n) is 20.1. The molecule has 0 saturated carbocycles. The summed E-state index contributed by atoms with van der Waals surface area (Å²) in [5.41, 5.74) is 4.30. The fourth-order valence-corrected chi connectivity index (χ4v) is 5.46. The first-order valence-electron chi connectivity index (χ1n) is 11.4. The molecule has 1 atom stereocenters. The standard InChI is InChI=1S/C27H29N3O4S/c1-19-13-20(2)15-24(14-19)30-18-22(16-26(30)31)27(32)28-23-9-11-25(12-10-23)35(33,34)29(3)17-21-7-5-4-6-8-21/h4-15,22H,16-18H2,1-3H3,(H,28,32). The Hall–Kier alpha value is -3.49. The van der Waals surface area contributed by atoms with Gasteiger partial charge < -0.3 is 10.2 Å². The Kier molecular flexibility index (Phi) is 7.05. The lowest BCUT2D eigenvalue weighted by Crippen LogP contribution is -2.28. The van der Waals surface area contributed by atoms with Gasteiger partial charge in [-0.05, 0) is 66.9 Å². The highest BCUT2D eigenvalue weighted by molar-refractivity contribution is 7.89. The molecule has 2 amide bonds. The van der Waals surface area contributed by atoms with Gasteiger partial charge in [-0.2, -0.15) is 4.31 Å². The largest absolute Gasteiger partial charge is 0.326 e. The lowest BCUT2D eigenvalue weighted by atomic mass is 10.1. The molecule has 182 valence electrons. The molecule has 0 radical (unpaired) electrons. The van der Waals surface area contributed by atoms with Crippen molar-refractivity contribution in [2.24, 2.45) is 5.92 Å². The lowest BCUT2D eigenvalue weighted by molar-refractivity contribution is -0.122. The van der Waals surface area contributed by atoms with Gasteiger partial charge in [0.05, 0.1) is 10.8 Å². The Balaban J connectivity index is 1.40. The summed E-state index contributed by atoms with van der Waals surface area (Å²) in [6.07, 6.45) is 0.134. The molecule has 1 saturated heterocycles. The van der Waals surface area contributed by atoms with Crippen molar-refractivity contribution in [1.29, 1.82) is 0 Å². The van der Waals surface area contributed by atoms with E-state index in [0.717, 1.165) is 22.4 Å².